The highest BCUT2D eigenvalue weighted by molar-refractivity contribution is 7.07. The van der Waals surface area contributed by atoms with Crippen LogP contribution in [0.3, 0.4) is 0 Å². The topological polar surface area (TPSA) is 54.0 Å². The van der Waals surface area contributed by atoms with Crippen LogP contribution in [0.1, 0.15) is 35.0 Å². The van der Waals surface area contributed by atoms with Crippen LogP contribution in [0.4, 0.5) is 5.69 Å². The second-order valence-electron chi connectivity index (χ2n) is 4.64. The van der Waals surface area contributed by atoms with Gasteiger partial charge in [0.2, 0.25) is 0 Å². The summed E-state index contributed by atoms with van der Waals surface area (Å²) in [5, 5.41) is 8.14. The number of carbonyl (C=O) groups excluding carboxylic acids is 1. The van der Waals surface area contributed by atoms with Gasteiger partial charge in [-0.2, -0.15) is 0 Å². The van der Waals surface area contributed by atoms with Crippen LogP contribution in [-0.4, -0.2) is 17.4 Å². The minimum atomic E-state index is -0.0726. The van der Waals surface area contributed by atoms with E-state index >= 15 is 0 Å². The summed E-state index contributed by atoms with van der Waals surface area (Å²) < 4.78 is 0. The van der Waals surface area contributed by atoms with Crippen LogP contribution < -0.4 is 10.6 Å². The molecule has 1 amide bonds. The lowest BCUT2D eigenvalue weighted by Gasteiger charge is -2.12. The summed E-state index contributed by atoms with van der Waals surface area (Å²) in [4.78, 5) is 16.4. The first-order chi connectivity index (χ1) is 9.70. The van der Waals surface area contributed by atoms with Crippen LogP contribution in [0, 0.1) is 6.92 Å². The maximum Gasteiger partial charge on any atom is 0.253 e. The van der Waals surface area contributed by atoms with Crippen molar-refractivity contribution >= 4 is 22.9 Å². The Morgan fingerprint density at radius 3 is 2.95 bits per heavy atom. The van der Waals surface area contributed by atoms with Crippen LogP contribution >= 0.6 is 11.3 Å². The van der Waals surface area contributed by atoms with Crippen LogP contribution in [0.5, 0.6) is 0 Å². The van der Waals surface area contributed by atoms with Gasteiger partial charge in [0.1, 0.15) is 0 Å². The fourth-order valence-corrected chi connectivity index (χ4v) is 2.41. The average Bonchev–Trinajstić information content (AvgIpc) is 2.96. The smallest absolute Gasteiger partial charge is 0.253 e. The zero-order chi connectivity index (χ0) is 14.4. The van der Waals surface area contributed by atoms with Crippen molar-refractivity contribution in [3.8, 4) is 0 Å². The van der Waals surface area contributed by atoms with E-state index in [4.69, 9.17) is 0 Å². The van der Waals surface area contributed by atoms with E-state index in [0.717, 1.165) is 29.9 Å². The van der Waals surface area contributed by atoms with Crippen LogP contribution in [0.25, 0.3) is 0 Å². The van der Waals surface area contributed by atoms with Gasteiger partial charge in [0.25, 0.3) is 5.91 Å². The number of nitrogens with zero attached hydrogens (tertiary/aromatic N) is 1. The number of nitrogens with one attached hydrogen (secondary N) is 2. The van der Waals surface area contributed by atoms with Crippen molar-refractivity contribution in [2.45, 2.75) is 26.8 Å². The summed E-state index contributed by atoms with van der Waals surface area (Å²) in [6.45, 7) is 5.44. The van der Waals surface area contributed by atoms with E-state index in [0.29, 0.717) is 12.1 Å². The molecule has 0 radical (unpaired) electrons. The normalized spacial score (nSPS) is 10.3. The summed E-state index contributed by atoms with van der Waals surface area (Å²) in [5.41, 5.74) is 5.36. The molecule has 1 heterocycles. The zero-order valence-corrected chi connectivity index (χ0v) is 12.6. The molecule has 0 atom stereocenters. The molecule has 0 fully saturated rings. The molecule has 20 heavy (non-hydrogen) atoms. The molecule has 0 aliphatic rings. The van der Waals surface area contributed by atoms with E-state index < -0.39 is 0 Å². The number of anilines is 1. The van der Waals surface area contributed by atoms with E-state index in [-0.39, 0.29) is 5.91 Å². The minimum absolute atomic E-state index is 0.0726. The molecule has 0 unspecified atom stereocenters. The van der Waals surface area contributed by atoms with Gasteiger partial charge in [0.15, 0.2) is 0 Å². The number of hydrogen-bond donors (Lipinski definition) is 2. The predicted molar refractivity (Wildman–Crippen MR) is 83.2 cm³/mol. The third-order valence-electron chi connectivity index (χ3n) is 2.90. The molecule has 2 rings (SSSR count). The molecule has 1 aromatic carbocycles. The van der Waals surface area contributed by atoms with E-state index in [2.05, 4.69) is 22.5 Å². The summed E-state index contributed by atoms with van der Waals surface area (Å²) in [6, 6.07) is 5.83. The number of amides is 1. The summed E-state index contributed by atoms with van der Waals surface area (Å²) in [7, 11) is 0. The molecule has 0 saturated heterocycles. The maximum absolute atomic E-state index is 12.3. The molecular formula is C15H19N3OS. The second-order valence-corrected chi connectivity index (χ2v) is 5.36. The Labute approximate surface area is 123 Å². The fourth-order valence-electron chi connectivity index (χ4n) is 1.85. The highest BCUT2D eigenvalue weighted by Gasteiger charge is 2.11. The van der Waals surface area contributed by atoms with Crippen molar-refractivity contribution in [1.29, 1.82) is 0 Å². The summed E-state index contributed by atoms with van der Waals surface area (Å²) in [5.74, 6) is -0.0726. The van der Waals surface area contributed by atoms with Gasteiger partial charge in [-0.15, -0.1) is 11.3 Å². The number of hydrogen-bond acceptors (Lipinski definition) is 4. The van der Waals surface area contributed by atoms with Crippen molar-refractivity contribution in [3.05, 3.63) is 45.9 Å². The van der Waals surface area contributed by atoms with Gasteiger partial charge in [0, 0.05) is 17.6 Å². The van der Waals surface area contributed by atoms with Gasteiger partial charge < -0.3 is 10.6 Å². The number of thiazole rings is 1. The number of aromatic nitrogens is 1. The molecule has 2 N–H and O–H groups in total. The van der Waals surface area contributed by atoms with Gasteiger partial charge in [-0.25, -0.2) is 4.98 Å². The standard InChI is InChI=1S/C15H19N3OS/c1-3-6-16-14-7-11(2)4-5-13(14)15(19)17-8-12-9-20-10-18-12/h4-5,7,9-10,16H,3,6,8H2,1-2H3,(H,17,19). The molecular weight excluding hydrogens is 270 g/mol. The average molecular weight is 289 g/mol. The molecule has 0 aliphatic carbocycles. The molecule has 106 valence electrons. The van der Waals surface area contributed by atoms with Gasteiger partial charge in [0.05, 0.1) is 23.3 Å². The van der Waals surface area contributed by atoms with E-state index in [9.17, 15) is 4.79 Å². The van der Waals surface area contributed by atoms with E-state index in [1.165, 1.54) is 11.3 Å². The molecule has 0 bridgehead atoms. The Morgan fingerprint density at radius 2 is 2.25 bits per heavy atom. The molecule has 4 nitrogen and oxygen atoms in total. The predicted octanol–water partition coefficient (Wildman–Crippen LogP) is 3.20. The Morgan fingerprint density at radius 1 is 1.40 bits per heavy atom. The third-order valence-corrected chi connectivity index (χ3v) is 3.53. The van der Waals surface area contributed by atoms with Crippen LogP contribution in [-0.2, 0) is 6.54 Å². The molecule has 1 aromatic heterocycles. The maximum atomic E-state index is 12.3. The Hall–Kier alpha value is -1.88. The lowest BCUT2D eigenvalue weighted by atomic mass is 10.1. The van der Waals surface area contributed by atoms with Gasteiger partial charge >= 0.3 is 0 Å². The highest BCUT2D eigenvalue weighted by Crippen LogP contribution is 2.18. The van der Waals surface area contributed by atoms with E-state index in [1.54, 1.807) is 5.51 Å². The van der Waals surface area contributed by atoms with Gasteiger partial charge in [-0.3, -0.25) is 4.79 Å². The molecule has 0 saturated carbocycles. The highest BCUT2D eigenvalue weighted by atomic mass is 32.1. The van der Waals surface area contributed by atoms with E-state index in [1.807, 2.05) is 30.5 Å². The Bertz CT molecular complexity index is 567. The largest absolute Gasteiger partial charge is 0.384 e. The first-order valence-corrected chi connectivity index (χ1v) is 7.64. The third kappa shape index (κ3) is 3.81. The van der Waals surface area contributed by atoms with Crippen molar-refractivity contribution in [2.24, 2.45) is 0 Å². The molecule has 5 heteroatoms. The first kappa shape index (κ1) is 14.5. The second kappa shape index (κ2) is 7.05. The Balaban J connectivity index is 2.07. The van der Waals surface area contributed by atoms with Crippen molar-refractivity contribution in [3.63, 3.8) is 0 Å². The molecule has 2 aromatic rings. The minimum Gasteiger partial charge on any atom is -0.384 e. The molecule has 0 aliphatic heterocycles. The summed E-state index contributed by atoms with van der Waals surface area (Å²) in [6.07, 6.45) is 1.02. The summed E-state index contributed by atoms with van der Waals surface area (Å²) >= 11 is 1.53. The monoisotopic (exact) mass is 289 g/mol. The van der Waals surface area contributed by atoms with Gasteiger partial charge in [-0.05, 0) is 31.0 Å². The zero-order valence-electron chi connectivity index (χ0n) is 11.8. The lowest BCUT2D eigenvalue weighted by molar-refractivity contribution is 0.0951. The quantitative estimate of drug-likeness (QED) is 0.858. The number of rotatable bonds is 6. The Kier molecular flexibility index (Phi) is 5.12. The number of carbonyl (C=O) groups is 1. The number of benzene rings is 1. The molecule has 0 spiro atoms. The first-order valence-electron chi connectivity index (χ1n) is 6.70. The van der Waals surface area contributed by atoms with Crippen LogP contribution in [0.2, 0.25) is 0 Å². The van der Waals surface area contributed by atoms with Gasteiger partial charge in [-0.1, -0.05) is 13.0 Å². The lowest BCUT2D eigenvalue weighted by Crippen LogP contribution is -2.24. The van der Waals surface area contributed by atoms with Crippen molar-refractivity contribution in [2.75, 3.05) is 11.9 Å². The van der Waals surface area contributed by atoms with Crippen molar-refractivity contribution in [1.82, 2.24) is 10.3 Å². The fraction of sp³-hybridized carbons (Fsp3) is 0.333. The van der Waals surface area contributed by atoms with Crippen LogP contribution in [0.15, 0.2) is 29.1 Å². The number of aryl methyl sites for hydroxylation is 1. The SMILES string of the molecule is CCCNc1cc(C)ccc1C(=O)NCc1cscn1. The van der Waals surface area contributed by atoms with Crippen molar-refractivity contribution < 1.29 is 4.79 Å².